The van der Waals surface area contributed by atoms with Crippen LogP contribution in [0.5, 0.6) is 0 Å². The maximum atomic E-state index is 9.10. The molecule has 1 heterocycles. The fraction of sp³-hybridized carbons (Fsp3) is 0.296. The molecule has 0 fully saturated rings. The second-order valence-corrected chi connectivity index (χ2v) is 8.49. The zero-order valence-electron chi connectivity index (χ0n) is 18.9. The Hall–Kier alpha value is -3.11. The van der Waals surface area contributed by atoms with E-state index in [-0.39, 0.29) is 6.04 Å². The Morgan fingerprint density at radius 1 is 0.839 bits per heavy atom. The van der Waals surface area contributed by atoms with Crippen LogP contribution in [0.3, 0.4) is 0 Å². The zero-order valence-corrected chi connectivity index (χ0v) is 18.9. The summed E-state index contributed by atoms with van der Waals surface area (Å²) in [5.41, 5.74) is 8.96. The lowest BCUT2D eigenvalue weighted by molar-refractivity contribution is 0.154. The Balaban J connectivity index is 1.79. The predicted octanol–water partition coefficient (Wildman–Crippen LogP) is 5.33. The molecule has 0 amide bonds. The van der Waals surface area contributed by atoms with E-state index in [0.717, 1.165) is 17.5 Å². The Labute approximate surface area is 184 Å². The van der Waals surface area contributed by atoms with Gasteiger partial charge >= 0.3 is 0 Å². The highest BCUT2D eigenvalue weighted by Crippen LogP contribution is 2.22. The third-order valence-electron chi connectivity index (χ3n) is 6.14. The quantitative estimate of drug-likeness (QED) is 0.437. The first-order valence-corrected chi connectivity index (χ1v) is 10.8. The van der Waals surface area contributed by atoms with Crippen molar-refractivity contribution in [3.8, 4) is 0 Å². The van der Waals surface area contributed by atoms with Crippen molar-refractivity contribution < 1.29 is 4.74 Å². The number of aryl methyl sites for hydroxylation is 3. The van der Waals surface area contributed by atoms with Gasteiger partial charge in [-0.2, -0.15) is 0 Å². The van der Waals surface area contributed by atoms with E-state index in [9.17, 15) is 0 Å². The maximum Gasteiger partial charge on any atom is 0.203 e. The molecule has 4 heteroatoms. The maximum absolute atomic E-state index is 9.10. The van der Waals surface area contributed by atoms with Gasteiger partial charge in [-0.3, -0.25) is 5.41 Å². The van der Waals surface area contributed by atoms with E-state index in [1.807, 2.05) is 12.1 Å². The van der Waals surface area contributed by atoms with Crippen LogP contribution in [0.25, 0.3) is 11.0 Å². The van der Waals surface area contributed by atoms with Gasteiger partial charge in [0.15, 0.2) is 0 Å². The molecule has 0 aliphatic heterocycles. The second-order valence-electron chi connectivity index (χ2n) is 8.49. The van der Waals surface area contributed by atoms with Crippen molar-refractivity contribution in [3.63, 3.8) is 0 Å². The van der Waals surface area contributed by atoms with Crippen molar-refractivity contribution in [3.05, 3.63) is 100 Å². The number of fused-ring (bicyclic) bond motifs is 1. The summed E-state index contributed by atoms with van der Waals surface area (Å²) in [5, 5.41) is 9.10. The molecule has 1 aromatic heterocycles. The lowest BCUT2D eigenvalue weighted by Crippen LogP contribution is -2.31. The minimum Gasteiger partial charge on any atom is -0.383 e. The van der Waals surface area contributed by atoms with Gasteiger partial charge < -0.3 is 13.9 Å². The highest BCUT2D eigenvalue weighted by molar-refractivity contribution is 5.76. The summed E-state index contributed by atoms with van der Waals surface area (Å²) in [4.78, 5) is 0. The lowest BCUT2D eigenvalue weighted by atomic mass is 10.0. The molecule has 31 heavy (non-hydrogen) atoms. The van der Waals surface area contributed by atoms with E-state index in [2.05, 4.69) is 84.5 Å². The van der Waals surface area contributed by atoms with Gasteiger partial charge in [-0.1, -0.05) is 60.2 Å². The van der Waals surface area contributed by atoms with Gasteiger partial charge in [0.1, 0.15) is 0 Å². The van der Waals surface area contributed by atoms with Gasteiger partial charge in [-0.25, -0.2) is 0 Å². The van der Waals surface area contributed by atoms with E-state index in [4.69, 9.17) is 10.1 Å². The van der Waals surface area contributed by atoms with E-state index < -0.39 is 0 Å². The van der Waals surface area contributed by atoms with Crippen LogP contribution in [0.2, 0.25) is 0 Å². The number of para-hydroxylation sites is 2. The number of imidazole rings is 1. The van der Waals surface area contributed by atoms with E-state index >= 15 is 0 Å². The summed E-state index contributed by atoms with van der Waals surface area (Å²) in [6.45, 7) is 7.62. The summed E-state index contributed by atoms with van der Waals surface area (Å²) in [5.74, 6) is 0. The lowest BCUT2D eigenvalue weighted by Gasteiger charge is -2.19. The van der Waals surface area contributed by atoms with Crippen LogP contribution < -0.4 is 5.62 Å². The standard InChI is InChI=1S/C27H31N3O/c1-19-9-12-22(13-10-19)16-24(18-31-4)30-26-8-6-5-7-25(26)29(27(30)28)17-23-14-11-20(2)21(3)15-23/h5-15,24,28H,16-18H2,1-4H3. The van der Waals surface area contributed by atoms with Gasteiger partial charge in [-0.05, 0) is 61.6 Å². The molecular weight excluding hydrogens is 382 g/mol. The first-order chi connectivity index (χ1) is 15.0. The fourth-order valence-corrected chi connectivity index (χ4v) is 4.28. The average Bonchev–Trinajstić information content (AvgIpc) is 3.03. The molecule has 0 saturated carbocycles. The van der Waals surface area contributed by atoms with Crippen molar-refractivity contribution in [2.75, 3.05) is 13.7 Å². The number of rotatable bonds is 7. The summed E-state index contributed by atoms with van der Waals surface area (Å²) in [7, 11) is 1.74. The third-order valence-corrected chi connectivity index (χ3v) is 6.14. The Kier molecular flexibility index (Phi) is 6.10. The van der Waals surface area contributed by atoms with Crippen LogP contribution in [-0.4, -0.2) is 22.9 Å². The summed E-state index contributed by atoms with van der Waals surface area (Å²) >= 11 is 0. The van der Waals surface area contributed by atoms with Crippen molar-refractivity contribution in [1.29, 1.82) is 5.41 Å². The molecule has 4 nitrogen and oxygen atoms in total. The molecule has 3 aromatic carbocycles. The van der Waals surface area contributed by atoms with Crippen molar-refractivity contribution >= 4 is 11.0 Å². The molecule has 0 radical (unpaired) electrons. The number of nitrogens with one attached hydrogen (secondary N) is 1. The minimum absolute atomic E-state index is 0.0473. The Morgan fingerprint density at radius 2 is 1.52 bits per heavy atom. The SMILES string of the molecule is COCC(Cc1ccc(C)cc1)n1c(=N)n(Cc2ccc(C)c(C)c2)c2ccccc21. The van der Waals surface area contributed by atoms with Crippen LogP contribution in [0.4, 0.5) is 0 Å². The van der Waals surface area contributed by atoms with Gasteiger partial charge in [0.25, 0.3) is 0 Å². The predicted molar refractivity (Wildman–Crippen MR) is 127 cm³/mol. The van der Waals surface area contributed by atoms with Gasteiger partial charge in [0, 0.05) is 7.11 Å². The van der Waals surface area contributed by atoms with Crippen LogP contribution in [0.1, 0.15) is 33.9 Å². The topological polar surface area (TPSA) is 42.9 Å². The summed E-state index contributed by atoms with van der Waals surface area (Å²) in [6, 6.07) is 23.6. The number of ether oxygens (including phenoxy) is 1. The summed E-state index contributed by atoms with van der Waals surface area (Å²) in [6.07, 6.45) is 0.822. The third kappa shape index (κ3) is 4.35. The zero-order chi connectivity index (χ0) is 22.0. The average molecular weight is 414 g/mol. The number of benzene rings is 3. The molecule has 1 N–H and O–H groups in total. The molecule has 0 spiro atoms. The normalized spacial score (nSPS) is 12.4. The second kappa shape index (κ2) is 8.94. The largest absolute Gasteiger partial charge is 0.383 e. The molecule has 0 aliphatic carbocycles. The van der Waals surface area contributed by atoms with Crippen LogP contribution >= 0.6 is 0 Å². The van der Waals surface area contributed by atoms with E-state index in [1.54, 1.807) is 7.11 Å². The molecule has 0 bridgehead atoms. The van der Waals surface area contributed by atoms with Gasteiger partial charge in [-0.15, -0.1) is 0 Å². The molecule has 4 aromatic rings. The molecule has 4 rings (SSSR count). The number of hydrogen-bond donors (Lipinski definition) is 1. The molecule has 1 atom stereocenters. The van der Waals surface area contributed by atoms with Crippen molar-refractivity contribution in [1.82, 2.24) is 9.13 Å². The van der Waals surface area contributed by atoms with Crippen LogP contribution in [-0.2, 0) is 17.7 Å². The molecule has 0 saturated heterocycles. The first-order valence-electron chi connectivity index (χ1n) is 10.8. The number of hydrogen-bond acceptors (Lipinski definition) is 2. The number of nitrogens with zero attached hydrogens (tertiary/aromatic N) is 2. The highest BCUT2D eigenvalue weighted by atomic mass is 16.5. The molecule has 0 aliphatic rings. The van der Waals surface area contributed by atoms with Crippen LogP contribution in [0.15, 0.2) is 66.7 Å². The molecule has 1 unspecified atom stereocenters. The minimum atomic E-state index is 0.0473. The Bertz CT molecular complexity index is 1250. The van der Waals surface area contributed by atoms with Crippen LogP contribution in [0, 0.1) is 26.2 Å². The first kappa shape index (κ1) is 21.1. The van der Waals surface area contributed by atoms with Crippen molar-refractivity contribution in [2.45, 2.75) is 39.8 Å². The Morgan fingerprint density at radius 3 is 2.19 bits per heavy atom. The smallest absolute Gasteiger partial charge is 0.203 e. The van der Waals surface area contributed by atoms with E-state index in [0.29, 0.717) is 18.8 Å². The fourth-order valence-electron chi connectivity index (χ4n) is 4.28. The highest BCUT2D eigenvalue weighted by Gasteiger charge is 2.19. The van der Waals surface area contributed by atoms with Gasteiger partial charge in [0.2, 0.25) is 5.62 Å². The molecular formula is C27H31N3O. The number of methoxy groups -OCH3 is 1. The summed E-state index contributed by atoms with van der Waals surface area (Å²) < 4.78 is 9.85. The molecule has 160 valence electrons. The monoisotopic (exact) mass is 413 g/mol. The van der Waals surface area contributed by atoms with E-state index in [1.165, 1.54) is 27.8 Å². The van der Waals surface area contributed by atoms with Crippen molar-refractivity contribution in [2.24, 2.45) is 0 Å². The number of aromatic nitrogens is 2. The van der Waals surface area contributed by atoms with Gasteiger partial charge in [0.05, 0.1) is 30.2 Å².